The molecule has 0 radical (unpaired) electrons. The minimum atomic E-state index is -0.156. The Kier molecular flexibility index (Phi) is 6.97. The summed E-state index contributed by atoms with van der Waals surface area (Å²) >= 11 is 12.2. The van der Waals surface area contributed by atoms with Gasteiger partial charge in [-0.05, 0) is 38.5 Å². The van der Waals surface area contributed by atoms with Gasteiger partial charge in [-0.25, -0.2) is 4.79 Å². The van der Waals surface area contributed by atoms with Gasteiger partial charge in [-0.1, -0.05) is 29.3 Å². The van der Waals surface area contributed by atoms with Gasteiger partial charge >= 0.3 is 6.03 Å². The highest BCUT2D eigenvalue weighted by Crippen LogP contribution is 2.29. The molecule has 0 saturated carbocycles. The monoisotopic (exact) mass is 387 g/mol. The van der Waals surface area contributed by atoms with Gasteiger partial charge in [0.05, 0.1) is 19.3 Å². The minimum absolute atomic E-state index is 0.124. The summed E-state index contributed by atoms with van der Waals surface area (Å²) in [6.07, 6.45) is 0. The third-order valence-electron chi connectivity index (χ3n) is 4.85. The van der Waals surface area contributed by atoms with Gasteiger partial charge < -0.3 is 15.0 Å². The van der Waals surface area contributed by atoms with Crippen LogP contribution >= 0.6 is 23.2 Å². The van der Waals surface area contributed by atoms with Crippen molar-refractivity contribution in [2.75, 3.05) is 39.9 Å². The van der Waals surface area contributed by atoms with Crippen molar-refractivity contribution in [1.82, 2.24) is 15.1 Å². The lowest BCUT2D eigenvalue weighted by atomic mass is 10.0. The first-order valence-corrected chi connectivity index (χ1v) is 9.26. The molecule has 0 aromatic heterocycles. The van der Waals surface area contributed by atoms with Gasteiger partial charge in [0.25, 0.3) is 0 Å². The lowest BCUT2D eigenvalue weighted by Gasteiger charge is -2.41. The van der Waals surface area contributed by atoms with Gasteiger partial charge in [0.1, 0.15) is 0 Å². The number of nitrogens with one attached hydrogen (secondary N) is 1. The summed E-state index contributed by atoms with van der Waals surface area (Å²) in [7, 11) is 1.77. The highest BCUT2D eigenvalue weighted by molar-refractivity contribution is 6.35. The van der Waals surface area contributed by atoms with Crippen molar-refractivity contribution in [2.24, 2.45) is 0 Å². The standard InChI is InChI=1S/C18H27Cl2N3O2/c1-13(15-6-5-14(19)11-16(15)20)22(4)17(24)21-12-18(2,3)23-7-9-25-10-8-23/h5-6,11,13H,7-10,12H2,1-4H3,(H,21,24). The Morgan fingerprint density at radius 2 is 2.00 bits per heavy atom. The summed E-state index contributed by atoms with van der Waals surface area (Å²) in [5, 5.41) is 4.18. The molecule has 1 N–H and O–H groups in total. The number of urea groups is 1. The summed E-state index contributed by atoms with van der Waals surface area (Å²) in [5.74, 6) is 0. The Hall–Kier alpha value is -1.01. The van der Waals surface area contributed by atoms with Crippen LogP contribution in [0.2, 0.25) is 10.0 Å². The van der Waals surface area contributed by atoms with E-state index in [1.54, 1.807) is 24.1 Å². The number of morpholine rings is 1. The lowest BCUT2D eigenvalue weighted by molar-refractivity contribution is -0.00906. The molecule has 25 heavy (non-hydrogen) atoms. The number of ether oxygens (including phenoxy) is 1. The highest BCUT2D eigenvalue weighted by Gasteiger charge is 2.29. The number of carbonyl (C=O) groups is 1. The molecule has 1 heterocycles. The average Bonchev–Trinajstić information content (AvgIpc) is 2.59. The Labute approximate surface area is 160 Å². The Morgan fingerprint density at radius 1 is 1.36 bits per heavy atom. The van der Waals surface area contributed by atoms with Crippen LogP contribution < -0.4 is 5.32 Å². The topological polar surface area (TPSA) is 44.8 Å². The van der Waals surface area contributed by atoms with Gasteiger partial charge in [0, 0.05) is 42.3 Å². The van der Waals surface area contributed by atoms with Crippen LogP contribution in [0, 0.1) is 0 Å². The summed E-state index contributed by atoms with van der Waals surface area (Å²) in [6.45, 7) is 10.0. The van der Waals surface area contributed by atoms with Crippen molar-refractivity contribution >= 4 is 29.2 Å². The molecule has 1 fully saturated rings. The van der Waals surface area contributed by atoms with Crippen LogP contribution in [0.4, 0.5) is 4.79 Å². The van der Waals surface area contributed by atoms with Crippen LogP contribution in [-0.4, -0.2) is 61.3 Å². The van der Waals surface area contributed by atoms with E-state index in [2.05, 4.69) is 24.1 Å². The fourth-order valence-electron chi connectivity index (χ4n) is 2.92. The van der Waals surface area contributed by atoms with Crippen molar-refractivity contribution < 1.29 is 9.53 Å². The quantitative estimate of drug-likeness (QED) is 0.835. The normalized spacial score (nSPS) is 17.2. The molecule has 2 rings (SSSR count). The minimum Gasteiger partial charge on any atom is -0.379 e. The van der Waals surface area contributed by atoms with E-state index in [-0.39, 0.29) is 17.6 Å². The first-order valence-electron chi connectivity index (χ1n) is 8.51. The molecule has 7 heteroatoms. The second-order valence-electron chi connectivity index (χ2n) is 7.02. The molecule has 1 aromatic rings. The van der Waals surface area contributed by atoms with Crippen LogP contribution in [0.1, 0.15) is 32.4 Å². The van der Waals surface area contributed by atoms with E-state index in [1.807, 2.05) is 13.0 Å². The van der Waals surface area contributed by atoms with Crippen LogP contribution in [0.25, 0.3) is 0 Å². The maximum Gasteiger partial charge on any atom is 0.317 e. The van der Waals surface area contributed by atoms with E-state index in [0.717, 1.165) is 31.9 Å². The summed E-state index contributed by atoms with van der Waals surface area (Å²) < 4.78 is 5.40. The molecular weight excluding hydrogens is 361 g/mol. The highest BCUT2D eigenvalue weighted by atomic mass is 35.5. The lowest BCUT2D eigenvalue weighted by Crippen LogP contribution is -2.56. The van der Waals surface area contributed by atoms with Crippen LogP contribution in [0.3, 0.4) is 0 Å². The fourth-order valence-corrected chi connectivity index (χ4v) is 3.49. The number of hydrogen-bond donors (Lipinski definition) is 1. The van der Waals surface area contributed by atoms with E-state index in [9.17, 15) is 4.79 Å². The van der Waals surface area contributed by atoms with E-state index in [0.29, 0.717) is 16.6 Å². The van der Waals surface area contributed by atoms with Crippen molar-refractivity contribution in [3.05, 3.63) is 33.8 Å². The number of rotatable bonds is 5. The molecule has 1 saturated heterocycles. The maximum absolute atomic E-state index is 12.6. The second kappa shape index (κ2) is 8.58. The summed E-state index contributed by atoms with van der Waals surface area (Å²) in [4.78, 5) is 16.6. The summed E-state index contributed by atoms with van der Waals surface area (Å²) in [6, 6.07) is 5.06. The van der Waals surface area contributed by atoms with Crippen LogP contribution in [0.15, 0.2) is 18.2 Å². The van der Waals surface area contributed by atoms with Crippen molar-refractivity contribution in [1.29, 1.82) is 0 Å². The largest absolute Gasteiger partial charge is 0.379 e. The SMILES string of the molecule is CC(c1ccc(Cl)cc1Cl)N(C)C(=O)NCC(C)(C)N1CCOCC1. The molecule has 1 atom stereocenters. The predicted octanol–water partition coefficient (Wildman–Crippen LogP) is 3.81. The van der Waals surface area contributed by atoms with Crippen LogP contribution in [-0.2, 0) is 4.74 Å². The molecule has 1 aliphatic heterocycles. The first kappa shape index (κ1) is 20.3. The van der Waals surface area contributed by atoms with Crippen molar-refractivity contribution in [3.63, 3.8) is 0 Å². The van der Waals surface area contributed by atoms with Gasteiger partial charge in [-0.3, -0.25) is 4.90 Å². The average molecular weight is 388 g/mol. The molecule has 1 unspecified atom stereocenters. The number of hydrogen-bond acceptors (Lipinski definition) is 3. The molecule has 0 bridgehead atoms. The van der Waals surface area contributed by atoms with Crippen molar-refractivity contribution in [2.45, 2.75) is 32.4 Å². The van der Waals surface area contributed by atoms with Gasteiger partial charge in [0.15, 0.2) is 0 Å². The van der Waals surface area contributed by atoms with E-state index in [1.165, 1.54) is 0 Å². The third kappa shape index (κ3) is 5.23. The third-order valence-corrected chi connectivity index (χ3v) is 5.42. The van der Waals surface area contributed by atoms with E-state index in [4.69, 9.17) is 27.9 Å². The number of nitrogens with zero attached hydrogens (tertiary/aromatic N) is 2. The Balaban J connectivity index is 1.95. The first-order chi connectivity index (χ1) is 11.7. The molecule has 5 nitrogen and oxygen atoms in total. The number of amides is 2. The Morgan fingerprint density at radius 3 is 2.60 bits per heavy atom. The number of halogens is 2. The molecule has 0 aliphatic carbocycles. The molecule has 2 amide bonds. The zero-order chi connectivity index (χ0) is 18.6. The van der Waals surface area contributed by atoms with Gasteiger partial charge in [-0.2, -0.15) is 0 Å². The molecule has 0 spiro atoms. The molecule has 140 valence electrons. The Bertz CT molecular complexity index is 604. The number of benzene rings is 1. The zero-order valence-electron chi connectivity index (χ0n) is 15.3. The maximum atomic E-state index is 12.6. The van der Waals surface area contributed by atoms with Gasteiger partial charge in [-0.15, -0.1) is 0 Å². The van der Waals surface area contributed by atoms with E-state index >= 15 is 0 Å². The van der Waals surface area contributed by atoms with Crippen LogP contribution in [0.5, 0.6) is 0 Å². The molecular formula is C18H27Cl2N3O2. The van der Waals surface area contributed by atoms with Crippen molar-refractivity contribution in [3.8, 4) is 0 Å². The molecule has 1 aliphatic rings. The second-order valence-corrected chi connectivity index (χ2v) is 7.87. The molecule has 1 aromatic carbocycles. The van der Waals surface area contributed by atoms with Gasteiger partial charge in [0.2, 0.25) is 0 Å². The number of carbonyl (C=O) groups excluding carboxylic acids is 1. The fraction of sp³-hybridized carbons (Fsp3) is 0.611. The smallest absolute Gasteiger partial charge is 0.317 e. The summed E-state index contributed by atoms with van der Waals surface area (Å²) in [5.41, 5.74) is 0.748. The van der Waals surface area contributed by atoms with E-state index < -0.39 is 0 Å². The zero-order valence-corrected chi connectivity index (χ0v) is 16.8. The predicted molar refractivity (Wildman–Crippen MR) is 103 cm³/mol.